The molecule has 0 atom stereocenters. The molecule has 0 aliphatic heterocycles. The quantitative estimate of drug-likeness (QED) is 0.308. The van der Waals surface area contributed by atoms with Gasteiger partial charge in [0, 0.05) is 89.7 Å². The van der Waals surface area contributed by atoms with Crippen molar-refractivity contribution in [2.75, 3.05) is 42.7 Å². The van der Waals surface area contributed by atoms with Crippen LogP contribution in [0.3, 0.4) is 0 Å². The Bertz CT molecular complexity index is 440. The van der Waals surface area contributed by atoms with Gasteiger partial charge in [0.2, 0.25) is 0 Å². The summed E-state index contributed by atoms with van der Waals surface area (Å²) >= 11 is 0. The van der Waals surface area contributed by atoms with Gasteiger partial charge < -0.3 is 26.6 Å². The Hall–Kier alpha value is 2.26. The summed E-state index contributed by atoms with van der Waals surface area (Å²) in [5.41, 5.74) is 0. The van der Waals surface area contributed by atoms with Crippen LogP contribution in [-0.4, -0.2) is 127 Å². The molecule has 196 valence electrons. The fourth-order valence-corrected chi connectivity index (χ4v) is 134. The topological polar surface area (TPSA) is 55.4 Å². The van der Waals surface area contributed by atoms with Crippen LogP contribution in [0.15, 0.2) is 0 Å². The number of rotatable bonds is 12. The first kappa shape index (κ1) is 39.8. The van der Waals surface area contributed by atoms with E-state index in [9.17, 15) is 0 Å². The minimum atomic E-state index is -1.64. The van der Waals surface area contributed by atoms with Gasteiger partial charge in [0.15, 0.2) is 0 Å². The van der Waals surface area contributed by atoms with Crippen LogP contribution < -0.4 is 0 Å². The van der Waals surface area contributed by atoms with Crippen molar-refractivity contribution >= 4 is 84.8 Å². The maximum absolute atomic E-state index is 5.87. The number of hydrogen-bond donors (Lipinski definition) is 0. The second-order valence-electron chi connectivity index (χ2n) is 11.0. The molecule has 0 aromatic rings. The Morgan fingerprint density at radius 3 is 0.455 bits per heavy atom. The van der Waals surface area contributed by atoms with E-state index in [1.165, 1.54) is 0 Å². The van der Waals surface area contributed by atoms with Crippen molar-refractivity contribution in [3.05, 3.63) is 0 Å². The summed E-state index contributed by atoms with van der Waals surface area (Å²) < 4.78 is 35.2. The van der Waals surface area contributed by atoms with Crippen LogP contribution in [0.25, 0.3) is 0 Å². The molecule has 33 heavy (non-hydrogen) atoms. The molecule has 0 radical (unpaired) electrons. The number of hydrogen-bond acceptors (Lipinski definition) is 6. The van der Waals surface area contributed by atoms with E-state index in [1.807, 2.05) is 42.7 Å². The van der Waals surface area contributed by atoms with Crippen LogP contribution in [0.5, 0.6) is 0 Å². The van der Waals surface area contributed by atoms with Crippen molar-refractivity contribution in [1.29, 1.82) is 0 Å². The van der Waals surface area contributed by atoms with Crippen molar-refractivity contribution in [2.45, 2.75) is 78.6 Å². The Balaban J connectivity index is -0.000000529. The Kier molecular flexibility index (Phi) is 18.1. The molecule has 0 spiro atoms. The Morgan fingerprint density at radius 2 is 0.394 bits per heavy atom. The van der Waals surface area contributed by atoms with Crippen LogP contribution in [-0.2, 0) is 26.6 Å². The van der Waals surface area contributed by atoms with Gasteiger partial charge in [-0.1, -0.05) is 78.6 Å². The van der Waals surface area contributed by atoms with Crippen molar-refractivity contribution in [2.24, 2.45) is 0 Å². The Morgan fingerprint density at radius 1 is 0.303 bits per heavy atom. The monoisotopic (exact) mass is 614 g/mol. The van der Waals surface area contributed by atoms with Gasteiger partial charge in [-0.2, -0.15) is 14.7 Å². The fourth-order valence-electron chi connectivity index (χ4n) is 4.96. The van der Waals surface area contributed by atoms with E-state index in [0.717, 1.165) is 0 Å². The van der Waals surface area contributed by atoms with Crippen molar-refractivity contribution in [3.8, 4) is 0 Å². The SMILES string of the molecule is CO[Si](C)(C)[Si-]([Si](C)(C)OC)[Si](C)(C)OC.CO[Si](C)(C)[Si-]([Si](C)(C)OC)[Si](C)(C)OC.[Mg+2]. The van der Waals surface area contributed by atoms with E-state index in [1.54, 1.807) is 0 Å². The van der Waals surface area contributed by atoms with E-state index in [-0.39, 0.29) is 23.1 Å². The van der Waals surface area contributed by atoms with E-state index < -0.39 is 61.7 Å². The van der Waals surface area contributed by atoms with Gasteiger partial charge >= 0.3 is 23.1 Å². The van der Waals surface area contributed by atoms with Crippen molar-refractivity contribution < 1.29 is 26.6 Å². The van der Waals surface area contributed by atoms with Crippen LogP contribution in [0, 0.1) is 0 Å². The summed E-state index contributed by atoms with van der Waals surface area (Å²) in [5.74, 6) is 0. The molecule has 0 heterocycles. The average Bonchev–Trinajstić information content (AvgIpc) is 2.67. The third kappa shape index (κ3) is 11.3. The molecular formula is C18H54MgO6Si8. The van der Waals surface area contributed by atoms with E-state index in [4.69, 9.17) is 26.6 Å². The molecule has 0 bridgehead atoms. The molecular weight excluding hydrogens is 561 g/mol. The first-order valence-corrected chi connectivity index (χ1v) is 37.6. The molecule has 6 nitrogen and oxygen atoms in total. The van der Waals surface area contributed by atoms with Crippen LogP contribution in [0.1, 0.15) is 0 Å². The van der Waals surface area contributed by atoms with Crippen molar-refractivity contribution in [1.82, 2.24) is 0 Å². The maximum atomic E-state index is 5.87. The minimum Gasteiger partial charge on any atom is -0.456 e. The molecule has 0 aromatic carbocycles. The summed E-state index contributed by atoms with van der Waals surface area (Å²) in [7, 11) is -0.0671. The van der Waals surface area contributed by atoms with Gasteiger partial charge in [0.05, 0.1) is 0 Å². The molecule has 0 aliphatic carbocycles. The molecule has 0 aliphatic rings. The molecule has 0 saturated heterocycles. The predicted octanol–water partition coefficient (Wildman–Crippen LogP) is 4.16. The van der Waals surface area contributed by atoms with Crippen LogP contribution in [0.4, 0.5) is 0 Å². The summed E-state index contributed by atoms with van der Waals surface area (Å²) in [6, 6.07) is 0. The Labute approximate surface area is 231 Å². The van der Waals surface area contributed by atoms with E-state index >= 15 is 0 Å². The van der Waals surface area contributed by atoms with Gasteiger partial charge in [-0.05, 0) is 0 Å². The molecule has 0 unspecified atom stereocenters. The van der Waals surface area contributed by atoms with E-state index in [2.05, 4.69) is 78.6 Å². The van der Waals surface area contributed by atoms with Gasteiger partial charge in [-0.15, -0.1) is 0 Å². The standard InChI is InChI=1S/2C9H27O3Si4.Mg/c2*1-10-14(4,5)13(15(6,7)11-2)16(8,9)12-3;/h2*1-9H3;/q2*-1;+2. The first-order valence-electron chi connectivity index (χ1n) is 11.2. The van der Waals surface area contributed by atoms with Gasteiger partial charge in [-0.25, -0.2) is 0 Å². The molecule has 0 rings (SSSR count). The van der Waals surface area contributed by atoms with Crippen LogP contribution in [0.2, 0.25) is 78.6 Å². The van der Waals surface area contributed by atoms with Gasteiger partial charge in [-0.3, -0.25) is 0 Å². The molecule has 0 amide bonds. The van der Waals surface area contributed by atoms with Gasteiger partial charge in [0.25, 0.3) is 0 Å². The third-order valence-electron chi connectivity index (χ3n) is 6.67. The van der Waals surface area contributed by atoms with E-state index in [0.29, 0.717) is 0 Å². The summed E-state index contributed by atoms with van der Waals surface area (Å²) in [6.07, 6.45) is 0. The minimum absolute atomic E-state index is 0. The molecule has 0 aromatic heterocycles. The first-order chi connectivity index (χ1) is 14.1. The summed E-state index contributed by atoms with van der Waals surface area (Å²) in [6.45, 7) is 27.9. The average molecular weight is 616 g/mol. The van der Waals surface area contributed by atoms with Crippen LogP contribution >= 0.6 is 0 Å². The second kappa shape index (κ2) is 15.0. The zero-order valence-electron chi connectivity index (χ0n) is 25.2. The fraction of sp³-hybridized carbons (Fsp3) is 1.00. The second-order valence-corrected chi connectivity index (χ2v) is 72.8. The molecule has 0 N–H and O–H groups in total. The molecule has 0 saturated carbocycles. The van der Waals surface area contributed by atoms with Gasteiger partial charge in [0.1, 0.15) is 0 Å². The largest absolute Gasteiger partial charge is 2.00 e. The third-order valence-corrected chi connectivity index (χ3v) is 110. The van der Waals surface area contributed by atoms with Crippen molar-refractivity contribution in [3.63, 3.8) is 0 Å². The summed E-state index contributed by atoms with van der Waals surface area (Å²) in [4.78, 5) is 0. The normalized spacial score (nSPS) is 14.2. The molecule has 0 fully saturated rings. The zero-order chi connectivity index (χ0) is 26.4. The summed E-state index contributed by atoms with van der Waals surface area (Å²) in [5, 5.41) is 0. The predicted molar refractivity (Wildman–Crippen MR) is 164 cm³/mol. The zero-order valence-corrected chi connectivity index (χ0v) is 34.6. The maximum Gasteiger partial charge on any atom is 2.00 e. The smallest absolute Gasteiger partial charge is 0.456 e. The molecule has 15 heteroatoms.